The third-order valence-electron chi connectivity index (χ3n) is 6.27. The van der Waals surface area contributed by atoms with Gasteiger partial charge in [-0.05, 0) is 58.9 Å². The van der Waals surface area contributed by atoms with Crippen LogP contribution >= 0.6 is 0 Å². The van der Waals surface area contributed by atoms with Crippen LogP contribution in [-0.4, -0.2) is 89.8 Å². The van der Waals surface area contributed by atoms with Gasteiger partial charge in [-0.1, -0.05) is 6.42 Å². The van der Waals surface area contributed by atoms with E-state index in [1.807, 2.05) is 25.0 Å². The fourth-order valence-electron chi connectivity index (χ4n) is 4.54. The molecule has 0 unspecified atom stereocenters. The number of guanidine groups is 1. The molecule has 1 aromatic rings. The zero-order chi connectivity index (χ0) is 19.3. The molecule has 3 heterocycles. The first-order valence-electron chi connectivity index (χ1n) is 10.4. The fourth-order valence-corrected chi connectivity index (χ4v) is 4.54. The van der Waals surface area contributed by atoms with Crippen molar-refractivity contribution < 1.29 is 0 Å². The van der Waals surface area contributed by atoms with Crippen LogP contribution in [0, 0.1) is 0 Å². The van der Waals surface area contributed by atoms with E-state index >= 15 is 0 Å². The Hall–Kier alpha value is -1.60. The van der Waals surface area contributed by atoms with Gasteiger partial charge in [-0.15, -0.1) is 0 Å². The molecule has 7 nitrogen and oxygen atoms in total. The van der Waals surface area contributed by atoms with Crippen molar-refractivity contribution in [1.29, 1.82) is 0 Å². The zero-order valence-electron chi connectivity index (χ0n) is 17.6. The normalized spacial score (nSPS) is 22.0. The first-order chi connectivity index (χ1) is 13.0. The molecule has 2 aliphatic rings. The lowest BCUT2D eigenvalue weighted by molar-refractivity contribution is 0.0170. The van der Waals surface area contributed by atoms with Crippen LogP contribution in [0.25, 0.3) is 0 Å². The van der Waals surface area contributed by atoms with E-state index in [1.54, 1.807) is 0 Å². The van der Waals surface area contributed by atoms with Gasteiger partial charge < -0.3 is 15.1 Å². The molecule has 0 saturated carbocycles. The topological polar surface area (TPSA) is 51.9 Å². The summed E-state index contributed by atoms with van der Waals surface area (Å²) in [5.74, 6) is 0.967. The molecule has 7 heteroatoms. The molecule has 0 aromatic carbocycles. The number of aliphatic imine (C=N–C) groups is 1. The van der Waals surface area contributed by atoms with E-state index in [4.69, 9.17) is 0 Å². The Balaban J connectivity index is 1.64. The Bertz CT molecular complexity index is 610. The first kappa shape index (κ1) is 20.1. The third-order valence-corrected chi connectivity index (χ3v) is 6.27. The quantitative estimate of drug-likeness (QED) is 0.622. The summed E-state index contributed by atoms with van der Waals surface area (Å²) in [6.45, 7) is 6.65. The summed E-state index contributed by atoms with van der Waals surface area (Å²) in [6.07, 6.45) is 10.5. The van der Waals surface area contributed by atoms with E-state index in [0.717, 1.165) is 19.0 Å². The Kier molecular flexibility index (Phi) is 6.76. The average molecular weight is 376 g/mol. The lowest BCUT2D eigenvalue weighted by atomic mass is 9.84. The van der Waals surface area contributed by atoms with E-state index < -0.39 is 0 Å². The standard InChI is InChI=1S/C20H37N7/c1-21-19(25(3)15-18-14-23-26(4)16-18)22-17-20(8-12-24(2)13-9-20)27-10-6-5-7-11-27/h14,16H,5-13,15,17H2,1-4H3,(H,21,22). The van der Waals surface area contributed by atoms with Gasteiger partial charge in [0.15, 0.2) is 5.96 Å². The molecule has 27 heavy (non-hydrogen) atoms. The molecular weight excluding hydrogens is 338 g/mol. The van der Waals surface area contributed by atoms with Crippen molar-refractivity contribution >= 4 is 5.96 Å². The summed E-state index contributed by atoms with van der Waals surface area (Å²) >= 11 is 0. The number of piperidine rings is 2. The number of hydrogen-bond donors (Lipinski definition) is 1. The molecule has 2 fully saturated rings. The Labute approximate surface area is 164 Å². The highest BCUT2D eigenvalue weighted by molar-refractivity contribution is 5.79. The minimum Gasteiger partial charge on any atom is -0.354 e. The number of rotatable bonds is 5. The average Bonchev–Trinajstić information content (AvgIpc) is 3.09. The van der Waals surface area contributed by atoms with Crippen molar-refractivity contribution in [3.63, 3.8) is 0 Å². The van der Waals surface area contributed by atoms with Crippen LogP contribution in [0.4, 0.5) is 0 Å². The van der Waals surface area contributed by atoms with Crippen LogP contribution in [0.1, 0.15) is 37.7 Å². The second kappa shape index (κ2) is 9.06. The van der Waals surface area contributed by atoms with Gasteiger partial charge in [-0.2, -0.15) is 5.10 Å². The van der Waals surface area contributed by atoms with Crippen molar-refractivity contribution in [2.75, 3.05) is 53.9 Å². The van der Waals surface area contributed by atoms with Crippen LogP contribution in [0.3, 0.4) is 0 Å². The van der Waals surface area contributed by atoms with Gasteiger partial charge in [-0.25, -0.2) is 0 Å². The molecule has 0 spiro atoms. The summed E-state index contributed by atoms with van der Waals surface area (Å²) in [7, 11) is 8.18. The van der Waals surface area contributed by atoms with Crippen molar-refractivity contribution in [3.05, 3.63) is 18.0 Å². The number of hydrogen-bond acceptors (Lipinski definition) is 4. The van der Waals surface area contributed by atoms with Crippen LogP contribution in [0.2, 0.25) is 0 Å². The highest BCUT2D eigenvalue weighted by atomic mass is 15.3. The second-order valence-electron chi connectivity index (χ2n) is 8.35. The summed E-state index contributed by atoms with van der Waals surface area (Å²) in [6, 6.07) is 0. The highest BCUT2D eigenvalue weighted by Gasteiger charge is 2.39. The predicted octanol–water partition coefficient (Wildman–Crippen LogP) is 1.38. The van der Waals surface area contributed by atoms with Crippen LogP contribution in [0.15, 0.2) is 17.4 Å². The van der Waals surface area contributed by atoms with E-state index in [0.29, 0.717) is 0 Å². The van der Waals surface area contributed by atoms with Crippen LogP contribution in [0.5, 0.6) is 0 Å². The number of nitrogens with zero attached hydrogens (tertiary/aromatic N) is 6. The smallest absolute Gasteiger partial charge is 0.193 e. The van der Waals surface area contributed by atoms with Gasteiger partial charge in [0.05, 0.1) is 6.20 Å². The van der Waals surface area contributed by atoms with Gasteiger partial charge in [0.25, 0.3) is 0 Å². The van der Waals surface area contributed by atoms with Gasteiger partial charge in [0, 0.05) is 51.5 Å². The number of likely N-dealkylation sites (tertiary alicyclic amines) is 2. The molecule has 0 radical (unpaired) electrons. The molecule has 0 amide bonds. The molecular formula is C20H37N7. The summed E-state index contributed by atoms with van der Waals surface area (Å²) in [5.41, 5.74) is 1.46. The lowest BCUT2D eigenvalue weighted by Gasteiger charge is -2.50. The molecule has 0 bridgehead atoms. The van der Waals surface area contributed by atoms with E-state index in [-0.39, 0.29) is 5.54 Å². The van der Waals surface area contributed by atoms with Gasteiger partial charge >= 0.3 is 0 Å². The number of aromatic nitrogens is 2. The van der Waals surface area contributed by atoms with Crippen LogP contribution in [-0.2, 0) is 13.6 Å². The third kappa shape index (κ3) is 5.02. The second-order valence-corrected chi connectivity index (χ2v) is 8.35. The molecule has 3 rings (SSSR count). The monoisotopic (exact) mass is 375 g/mol. The molecule has 2 aliphatic heterocycles. The van der Waals surface area contributed by atoms with Gasteiger partial charge in [-0.3, -0.25) is 14.6 Å². The SMILES string of the molecule is CN=C(NCC1(N2CCCCC2)CCN(C)CC1)N(C)Cc1cnn(C)c1. The van der Waals surface area contributed by atoms with E-state index in [9.17, 15) is 0 Å². The van der Waals surface area contributed by atoms with Crippen molar-refractivity contribution in [2.45, 2.75) is 44.2 Å². The zero-order valence-corrected chi connectivity index (χ0v) is 17.6. The minimum absolute atomic E-state index is 0.262. The van der Waals surface area contributed by atoms with Gasteiger partial charge in [0.2, 0.25) is 0 Å². The summed E-state index contributed by atoms with van der Waals surface area (Å²) in [5, 5.41) is 7.98. The molecule has 152 valence electrons. The Morgan fingerprint density at radius 1 is 1.19 bits per heavy atom. The number of aryl methyl sites for hydroxylation is 1. The highest BCUT2D eigenvalue weighted by Crippen LogP contribution is 2.30. The maximum atomic E-state index is 4.54. The maximum absolute atomic E-state index is 4.54. The first-order valence-corrected chi connectivity index (χ1v) is 10.4. The largest absolute Gasteiger partial charge is 0.354 e. The lowest BCUT2D eigenvalue weighted by Crippen LogP contribution is -2.62. The molecule has 0 aliphatic carbocycles. The molecule has 1 N–H and O–H groups in total. The summed E-state index contributed by atoms with van der Waals surface area (Å²) in [4.78, 5) is 12.0. The Morgan fingerprint density at radius 2 is 1.89 bits per heavy atom. The maximum Gasteiger partial charge on any atom is 0.193 e. The Morgan fingerprint density at radius 3 is 2.48 bits per heavy atom. The molecule has 2 saturated heterocycles. The van der Waals surface area contributed by atoms with Gasteiger partial charge in [0.1, 0.15) is 0 Å². The van der Waals surface area contributed by atoms with Crippen molar-refractivity contribution in [1.82, 2.24) is 29.8 Å². The van der Waals surface area contributed by atoms with Crippen LogP contribution < -0.4 is 5.32 Å². The fraction of sp³-hybridized carbons (Fsp3) is 0.800. The number of nitrogens with one attached hydrogen (secondary N) is 1. The molecule has 1 aromatic heterocycles. The van der Waals surface area contributed by atoms with E-state index in [2.05, 4.69) is 50.4 Å². The summed E-state index contributed by atoms with van der Waals surface area (Å²) < 4.78 is 1.85. The molecule has 0 atom stereocenters. The minimum atomic E-state index is 0.262. The van der Waals surface area contributed by atoms with Crippen molar-refractivity contribution in [3.8, 4) is 0 Å². The predicted molar refractivity (Wildman–Crippen MR) is 111 cm³/mol. The van der Waals surface area contributed by atoms with Crippen molar-refractivity contribution in [2.24, 2.45) is 12.0 Å². The van der Waals surface area contributed by atoms with E-state index in [1.165, 1.54) is 63.8 Å².